The predicted octanol–water partition coefficient (Wildman–Crippen LogP) is 3.75. The monoisotopic (exact) mass is 300 g/mol. The lowest BCUT2D eigenvalue weighted by Crippen LogP contribution is -2.29. The molecule has 0 aliphatic heterocycles. The first kappa shape index (κ1) is 15.6. The number of allylic oxidation sites excluding steroid dienone is 1. The Morgan fingerprint density at radius 3 is 2.73 bits per heavy atom. The Hall–Kier alpha value is -2.76. The van der Waals surface area contributed by atoms with Gasteiger partial charge in [0.2, 0.25) is 0 Å². The Bertz CT molecular complexity index is 738. The highest BCUT2D eigenvalue weighted by atomic mass is 16.3. The number of H-pyrrole nitrogens is 1. The lowest BCUT2D eigenvalue weighted by molar-refractivity contribution is 0.247. The third kappa shape index (κ3) is 3.88. The molecule has 0 bridgehead atoms. The molecule has 0 fully saturated rings. The summed E-state index contributed by atoms with van der Waals surface area (Å²) in [5.41, 5.74) is 1.42. The molecule has 0 radical (unpaired) electrons. The molecule has 0 unspecified atom stereocenters. The quantitative estimate of drug-likeness (QED) is 0.440. The second-order valence-corrected chi connectivity index (χ2v) is 6.05. The SMILES string of the molecule is CC(C)(C)C(=N)/C=C(\O)NC(=O)Nc1ccc2[nH]ccc2c1. The Morgan fingerprint density at radius 2 is 2.05 bits per heavy atom. The fraction of sp³-hybridized carbons (Fsp3) is 0.250. The van der Waals surface area contributed by atoms with E-state index >= 15 is 0 Å². The number of amides is 2. The maximum absolute atomic E-state index is 11.8. The smallest absolute Gasteiger partial charge is 0.326 e. The molecule has 22 heavy (non-hydrogen) atoms. The van der Waals surface area contributed by atoms with Crippen molar-refractivity contribution in [2.75, 3.05) is 5.32 Å². The predicted molar refractivity (Wildman–Crippen MR) is 88.3 cm³/mol. The number of anilines is 1. The van der Waals surface area contributed by atoms with Gasteiger partial charge in [-0.3, -0.25) is 5.32 Å². The number of aromatic amines is 1. The van der Waals surface area contributed by atoms with Gasteiger partial charge in [0.25, 0.3) is 0 Å². The van der Waals surface area contributed by atoms with Crippen LogP contribution in [0.1, 0.15) is 20.8 Å². The van der Waals surface area contributed by atoms with Crippen molar-refractivity contribution in [2.45, 2.75) is 20.8 Å². The van der Waals surface area contributed by atoms with Crippen molar-refractivity contribution in [3.8, 4) is 0 Å². The number of aliphatic hydroxyl groups excluding tert-OH is 1. The molecule has 0 spiro atoms. The summed E-state index contributed by atoms with van der Waals surface area (Å²) in [6, 6.07) is 6.78. The molecule has 0 saturated heterocycles. The van der Waals surface area contributed by atoms with Gasteiger partial charge in [-0.1, -0.05) is 20.8 Å². The second-order valence-electron chi connectivity index (χ2n) is 6.05. The summed E-state index contributed by atoms with van der Waals surface area (Å²) < 4.78 is 0. The van der Waals surface area contributed by atoms with Crippen LogP contribution in [0.5, 0.6) is 0 Å². The van der Waals surface area contributed by atoms with Crippen LogP contribution in [0, 0.1) is 10.8 Å². The highest BCUT2D eigenvalue weighted by Crippen LogP contribution is 2.18. The molecule has 2 amide bonds. The van der Waals surface area contributed by atoms with E-state index in [1.54, 1.807) is 6.07 Å². The van der Waals surface area contributed by atoms with E-state index in [1.165, 1.54) is 6.08 Å². The molecule has 5 N–H and O–H groups in total. The van der Waals surface area contributed by atoms with Crippen LogP contribution in [0.2, 0.25) is 0 Å². The minimum absolute atomic E-state index is 0.221. The first-order chi connectivity index (χ1) is 10.3. The van der Waals surface area contributed by atoms with Crippen LogP contribution < -0.4 is 10.6 Å². The molecule has 0 atom stereocenters. The number of carbonyl (C=O) groups excluding carboxylic acids is 1. The summed E-state index contributed by atoms with van der Waals surface area (Å²) in [7, 11) is 0. The number of hydrogen-bond acceptors (Lipinski definition) is 3. The fourth-order valence-electron chi connectivity index (χ4n) is 1.80. The highest BCUT2D eigenvalue weighted by Gasteiger charge is 2.16. The van der Waals surface area contributed by atoms with Crippen LogP contribution in [0.25, 0.3) is 10.9 Å². The zero-order valence-corrected chi connectivity index (χ0v) is 12.8. The summed E-state index contributed by atoms with van der Waals surface area (Å²) in [4.78, 5) is 14.9. The van der Waals surface area contributed by atoms with E-state index in [1.807, 2.05) is 45.2 Å². The highest BCUT2D eigenvalue weighted by molar-refractivity contribution is 5.98. The molecule has 0 saturated carbocycles. The maximum Gasteiger partial charge on any atom is 0.326 e. The summed E-state index contributed by atoms with van der Waals surface area (Å²) in [6.07, 6.45) is 3.05. The normalized spacial score (nSPS) is 12.2. The summed E-state index contributed by atoms with van der Waals surface area (Å²) in [5, 5.41) is 23.4. The Balaban J connectivity index is 2.00. The minimum atomic E-state index is -0.564. The molecule has 0 aliphatic rings. The first-order valence-corrected chi connectivity index (χ1v) is 6.90. The standard InChI is InChI=1S/C16H20N4O2/c1-16(2,3)13(17)9-14(21)20-15(22)19-11-4-5-12-10(8-11)6-7-18-12/h4-9,17-18,21H,1-3H3,(H2,19,20,22)/b14-9-,17-13?. The zero-order valence-electron chi connectivity index (χ0n) is 12.8. The van der Waals surface area contributed by atoms with Crippen molar-refractivity contribution in [2.24, 2.45) is 5.41 Å². The van der Waals surface area contributed by atoms with Gasteiger partial charge < -0.3 is 20.8 Å². The van der Waals surface area contributed by atoms with E-state index in [2.05, 4.69) is 15.6 Å². The minimum Gasteiger partial charge on any atom is -0.494 e. The molecule has 6 heteroatoms. The van der Waals surface area contributed by atoms with Crippen molar-refractivity contribution >= 4 is 28.3 Å². The van der Waals surface area contributed by atoms with Crippen molar-refractivity contribution in [1.82, 2.24) is 10.3 Å². The van der Waals surface area contributed by atoms with Gasteiger partial charge in [-0.15, -0.1) is 0 Å². The van der Waals surface area contributed by atoms with Crippen LogP contribution >= 0.6 is 0 Å². The number of rotatable bonds is 3. The molecular weight excluding hydrogens is 280 g/mol. The average molecular weight is 300 g/mol. The largest absolute Gasteiger partial charge is 0.494 e. The number of aromatic nitrogens is 1. The zero-order chi connectivity index (χ0) is 16.3. The molecule has 1 aromatic carbocycles. The van der Waals surface area contributed by atoms with Crippen LogP contribution in [0.4, 0.5) is 10.5 Å². The van der Waals surface area contributed by atoms with Gasteiger partial charge in [-0.05, 0) is 24.3 Å². The van der Waals surface area contributed by atoms with Gasteiger partial charge in [0, 0.05) is 40.0 Å². The van der Waals surface area contributed by atoms with E-state index in [9.17, 15) is 9.90 Å². The third-order valence-electron chi connectivity index (χ3n) is 3.14. The van der Waals surface area contributed by atoms with Gasteiger partial charge in [-0.2, -0.15) is 0 Å². The number of urea groups is 1. The lowest BCUT2D eigenvalue weighted by Gasteiger charge is -2.17. The number of benzene rings is 1. The Kier molecular flexibility index (Phi) is 4.21. The van der Waals surface area contributed by atoms with Crippen molar-refractivity contribution in [3.63, 3.8) is 0 Å². The summed E-state index contributed by atoms with van der Waals surface area (Å²) in [6.45, 7) is 5.56. The molecular formula is C16H20N4O2. The Morgan fingerprint density at radius 1 is 1.32 bits per heavy atom. The van der Waals surface area contributed by atoms with Crippen molar-refractivity contribution in [3.05, 3.63) is 42.4 Å². The van der Waals surface area contributed by atoms with Gasteiger partial charge in [0.05, 0.1) is 0 Å². The molecule has 2 aromatic rings. The maximum atomic E-state index is 11.8. The summed E-state index contributed by atoms with van der Waals surface area (Å²) in [5.74, 6) is -0.361. The third-order valence-corrected chi connectivity index (χ3v) is 3.14. The van der Waals surface area contributed by atoms with Gasteiger partial charge in [0.1, 0.15) is 0 Å². The van der Waals surface area contributed by atoms with Crippen molar-refractivity contribution < 1.29 is 9.90 Å². The number of fused-ring (bicyclic) bond motifs is 1. The van der Waals surface area contributed by atoms with E-state index in [0.29, 0.717) is 5.69 Å². The van der Waals surface area contributed by atoms with E-state index < -0.39 is 11.4 Å². The van der Waals surface area contributed by atoms with E-state index in [0.717, 1.165) is 10.9 Å². The fourth-order valence-corrected chi connectivity index (χ4v) is 1.80. The molecule has 0 aliphatic carbocycles. The second kappa shape index (κ2) is 5.93. The lowest BCUT2D eigenvalue weighted by atomic mass is 9.90. The van der Waals surface area contributed by atoms with Gasteiger partial charge in [0.15, 0.2) is 5.88 Å². The van der Waals surface area contributed by atoms with Gasteiger partial charge in [-0.25, -0.2) is 4.79 Å². The number of carbonyl (C=O) groups is 1. The summed E-state index contributed by atoms with van der Waals surface area (Å²) >= 11 is 0. The average Bonchev–Trinajstić information content (AvgIpc) is 2.84. The topological polar surface area (TPSA) is 101 Å². The molecule has 116 valence electrons. The van der Waals surface area contributed by atoms with Crippen LogP contribution in [-0.4, -0.2) is 21.8 Å². The number of aliphatic hydroxyl groups is 1. The van der Waals surface area contributed by atoms with Gasteiger partial charge >= 0.3 is 6.03 Å². The first-order valence-electron chi connectivity index (χ1n) is 6.90. The van der Waals surface area contributed by atoms with Crippen LogP contribution in [-0.2, 0) is 0 Å². The molecule has 2 rings (SSSR count). The molecule has 1 heterocycles. The van der Waals surface area contributed by atoms with E-state index in [4.69, 9.17) is 5.41 Å². The number of nitrogens with one attached hydrogen (secondary N) is 4. The molecule has 6 nitrogen and oxygen atoms in total. The van der Waals surface area contributed by atoms with Crippen LogP contribution in [0.3, 0.4) is 0 Å². The van der Waals surface area contributed by atoms with Crippen molar-refractivity contribution in [1.29, 1.82) is 5.41 Å². The molecule has 1 aromatic heterocycles. The van der Waals surface area contributed by atoms with E-state index in [-0.39, 0.29) is 11.6 Å². The Labute approximate surface area is 128 Å². The number of hydrogen-bond donors (Lipinski definition) is 5. The van der Waals surface area contributed by atoms with Crippen LogP contribution in [0.15, 0.2) is 42.4 Å².